The summed E-state index contributed by atoms with van der Waals surface area (Å²) in [5, 5.41) is 12.5. The maximum Gasteiger partial charge on any atom is 0.247 e. The highest BCUT2D eigenvalue weighted by molar-refractivity contribution is 5.78. The van der Waals surface area contributed by atoms with Crippen LogP contribution in [0.3, 0.4) is 0 Å². The maximum absolute atomic E-state index is 10.6. The van der Waals surface area contributed by atoms with E-state index in [1.165, 1.54) is 12.8 Å². The molecular weight excluding hydrogens is 204 g/mol. The lowest BCUT2D eigenvalue weighted by atomic mass is 9.80. The van der Waals surface area contributed by atoms with Crippen molar-refractivity contribution in [2.75, 3.05) is 6.54 Å². The Kier molecular flexibility index (Phi) is 5.22. The molecule has 4 heteroatoms. The van der Waals surface area contributed by atoms with Gasteiger partial charge in [0.05, 0.1) is 0 Å². The van der Waals surface area contributed by atoms with Crippen LogP contribution in [0.25, 0.3) is 0 Å². The van der Waals surface area contributed by atoms with Gasteiger partial charge in [-0.1, -0.05) is 13.8 Å². The average Bonchev–Trinajstić information content (AvgIpc) is 2.26. The van der Waals surface area contributed by atoms with E-state index in [9.17, 15) is 9.90 Å². The van der Waals surface area contributed by atoms with E-state index < -0.39 is 12.0 Å². The predicted molar refractivity (Wildman–Crippen MR) is 63.8 cm³/mol. The van der Waals surface area contributed by atoms with Gasteiger partial charge in [-0.2, -0.15) is 0 Å². The smallest absolute Gasteiger partial charge is 0.247 e. The van der Waals surface area contributed by atoms with Gasteiger partial charge >= 0.3 is 0 Å². The number of carbonyl (C=O) groups is 1. The van der Waals surface area contributed by atoms with E-state index >= 15 is 0 Å². The van der Waals surface area contributed by atoms with Crippen LogP contribution in [0.5, 0.6) is 0 Å². The summed E-state index contributed by atoms with van der Waals surface area (Å²) in [6, 6.07) is 0.434. The monoisotopic (exact) mass is 228 g/mol. The topological polar surface area (TPSA) is 75.3 Å². The van der Waals surface area contributed by atoms with Gasteiger partial charge in [0.15, 0.2) is 0 Å². The molecule has 1 atom stereocenters. The summed E-state index contributed by atoms with van der Waals surface area (Å²) in [6.07, 6.45) is 3.69. The molecule has 1 amide bonds. The molecule has 1 rings (SSSR count). The van der Waals surface area contributed by atoms with Crippen molar-refractivity contribution in [3.05, 3.63) is 0 Å². The Morgan fingerprint density at radius 2 is 1.94 bits per heavy atom. The van der Waals surface area contributed by atoms with Gasteiger partial charge in [-0.3, -0.25) is 4.79 Å². The first-order valence-electron chi connectivity index (χ1n) is 6.21. The molecule has 1 aliphatic carbocycles. The first-order chi connectivity index (χ1) is 7.50. The van der Waals surface area contributed by atoms with E-state index in [0.29, 0.717) is 6.04 Å². The zero-order valence-corrected chi connectivity index (χ0v) is 10.3. The Bertz CT molecular complexity index is 223. The number of hydrogen-bond donors (Lipinski definition) is 3. The number of nitrogens with two attached hydrogens (primary N) is 1. The third kappa shape index (κ3) is 4.10. The second kappa shape index (κ2) is 6.21. The first-order valence-corrected chi connectivity index (χ1v) is 6.21. The van der Waals surface area contributed by atoms with Crippen LogP contribution in [0.15, 0.2) is 0 Å². The van der Waals surface area contributed by atoms with Crippen LogP contribution in [0.1, 0.15) is 39.5 Å². The molecule has 0 saturated heterocycles. The number of aliphatic hydroxyl groups is 1. The molecule has 0 aromatic rings. The summed E-state index contributed by atoms with van der Waals surface area (Å²) in [4.78, 5) is 10.6. The van der Waals surface area contributed by atoms with Crippen molar-refractivity contribution in [1.29, 1.82) is 0 Å². The van der Waals surface area contributed by atoms with Crippen LogP contribution in [0, 0.1) is 11.8 Å². The Hall–Kier alpha value is -0.610. The van der Waals surface area contributed by atoms with Gasteiger partial charge in [0, 0.05) is 12.6 Å². The number of primary amides is 1. The Balaban J connectivity index is 2.20. The molecule has 1 unspecified atom stereocenters. The maximum atomic E-state index is 10.6. The zero-order valence-electron chi connectivity index (χ0n) is 10.3. The second-order valence-electron chi connectivity index (χ2n) is 5.18. The van der Waals surface area contributed by atoms with E-state index in [4.69, 9.17) is 5.73 Å². The van der Waals surface area contributed by atoms with Crippen molar-refractivity contribution in [1.82, 2.24) is 5.32 Å². The molecule has 0 radical (unpaired) electrons. The minimum atomic E-state index is -1.05. The molecule has 1 fully saturated rings. The lowest BCUT2D eigenvalue weighted by Crippen LogP contribution is -2.43. The molecule has 0 aromatic heterocycles. The molecule has 0 aromatic carbocycles. The second-order valence-corrected chi connectivity index (χ2v) is 5.18. The zero-order chi connectivity index (χ0) is 12.1. The molecule has 1 saturated carbocycles. The number of hydrogen-bond acceptors (Lipinski definition) is 3. The summed E-state index contributed by atoms with van der Waals surface area (Å²) in [7, 11) is 0. The van der Waals surface area contributed by atoms with Crippen LogP contribution in [-0.2, 0) is 4.79 Å². The summed E-state index contributed by atoms with van der Waals surface area (Å²) in [5.74, 6) is 0.944. The van der Waals surface area contributed by atoms with E-state index in [1.807, 2.05) is 0 Å². The average molecular weight is 228 g/mol. The summed E-state index contributed by atoms with van der Waals surface area (Å²) in [5.41, 5.74) is 4.98. The number of amides is 1. The molecule has 4 nitrogen and oxygen atoms in total. The summed E-state index contributed by atoms with van der Waals surface area (Å²) >= 11 is 0. The molecule has 1 aliphatic rings. The molecule has 0 spiro atoms. The number of nitrogens with one attached hydrogen (secondary N) is 1. The highest BCUT2D eigenvalue weighted by atomic mass is 16.3. The molecule has 0 aliphatic heterocycles. The number of rotatable bonds is 5. The number of aliphatic hydroxyl groups excluding tert-OH is 1. The third-order valence-corrected chi connectivity index (χ3v) is 3.64. The molecule has 0 heterocycles. The van der Waals surface area contributed by atoms with Crippen molar-refractivity contribution < 1.29 is 9.90 Å². The first kappa shape index (κ1) is 13.5. The van der Waals surface area contributed by atoms with Crippen LogP contribution >= 0.6 is 0 Å². The van der Waals surface area contributed by atoms with Gasteiger partial charge < -0.3 is 16.2 Å². The highest BCUT2D eigenvalue weighted by Crippen LogP contribution is 2.29. The lowest BCUT2D eigenvalue weighted by Gasteiger charge is -2.31. The van der Waals surface area contributed by atoms with Crippen molar-refractivity contribution in [2.24, 2.45) is 17.6 Å². The lowest BCUT2D eigenvalue weighted by molar-refractivity contribution is -0.125. The molecule has 94 valence electrons. The van der Waals surface area contributed by atoms with Gasteiger partial charge in [0.2, 0.25) is 5.91 Å². The van der Waals surface area contributed by atoms with E-state index in [1.54, 1.807) is 0 Å². The molecule has 16 heavy (non-hydrogen) atoms. The van der Waals surface area contributed by atoms with Gasteiger partial charge in [0.1, 0.15) is 6.10 Å². The van der Waals surface area contributed by atoms with Gasteiger partial charge in [-0.05, 0) is 37.5 Å². The van der Waals surface area contributed by atoms with Gasteiger partial charge in [-0.15, -0.1) is 0 Å². The SMILES string of the molecule is CC(C)C1CCC(NCC(O)C(N)=O)CC1. The highest BCUT2D eigenvalue weighted by Gasteiger charge is 2.23. The molecule has 4 N–H and O–H groups in total. The molecular formula is C12H24N2O2. The van der Waals surface area contributed by atoms with Crippen molar-refractivity contribution in [3.63, 3.8) is 0 Å². The van der Waals surface area contributed by atoms with Crippen molar-refractivity contribution in [2.45, 2.75) is 51.7 Å². The fraction of sp³-hybridized carbons (Fsp3) is 0.917. The van der Waals surface area contributed by atoms with E-state index in [2.05, 4.69) is 19.2 Å². The normalized spacial score (nSPS) is 28.0. The minimum absolute atomic E-state index is 0.284. The Labute approximate surface area is 97.6 Å². The fourth-order valence-electron chi connectivity index (χ4n) is 2.37. The van der Waals surface area contributed by atoms with Gasteiger partial charge in [0.25, 0.3) is 0 Å². The molecule has 0 bridgehead atoms. The van der Waals surface area contributed by atoms with Gasteiger partial charge in [-0.25, -0.2) is 0 Å². The predicted octanol–water partition coefficient (Wildman–Crippen LogP) is 0.637. The quantitative estimate of drug-likeness (QED) is 0.646. The minimum Gasteiger partial charge on any atom is -0.382 e. The Morgan fingerprint density at radius 3 is 2.38 bits per heavy atom. The largest absolute Gasteiger partial charge is 0.382 e. The van der Waals surface area contributed by atoms with Crippen molar-refractivity contribution in [3.8, 4) is 0 Å². The summed E-state index contributed by atoms with van der Waals surface area (Å²) in [6.45, 7) is 4.83. The number of carbonyl (C=O) groups excluding carboxylic acids is 1. The van der Waals surface area contributed by atoms with E-state index in [-0.39, 0.29) is 6.54 Å². The third-order valence-electron chi connectivity index (χ3n) is 3.64. The van der Waals surface area contributed by atoms with Crippen molar-refractivity contribution >= 4 is 5.91 Å². The summed E-state index contributed by atoms with van der Waals surface area (Å²) < 4.78 is 0. The van der Waals surface area contributed by atoms with Crippen LogP contribution in [0.2, 0.25) is 0 Å². The Morgan fingerprint density at radius 1 is 1.38 bits per heavy atom. The van der Waals surface area contributed by atoms with Crippen LogP contribution in [-0.4, -0.2) is 29.7 Å². The van der Waals surface area contributed by atoms with Crippen LogP contribution < -0.4 is 11.1 Å². The van der Waals surface area contributed by atoms with E-state index in [0.717, 1.165) is 24.7 Å². The van der Waals surface area contributed by atoms with Crippen LogP contribution in [0.4, 0.5) is 0 Å². The standard InChI is InChI=1S/C12H24N2O2/c1-8(2)9-3-5-10(6-4-9)14-7-11(15)12(13)16/h8-11,14-15H,3-7H2,1-2H3,(H2,13,16). The fourth-order valence-corrected chi connectivity index (χ4v) is 2.37.